The van der Waals surface area contributed by atoms with E-state index in [1.54, 1.807) is 0 Å². The highest BCUT2D eigenvalue weighted by atomic mass is 16.5. The molecule has 0 fully saturated rings. The number of amides is 1. The molecule has 0 aromatic carbocycles. The van der Waals surface area contributed by atoms with Gasteiger partial charge in [-0.1, -0.05) is 0 Å². The van der Waals surface area contributed by atoms with Crippen LogP contribution in [0, 0.1) is 11.3 Å². The summed E-state index contributed by atoms with van der Waals surface area (Å²) in [6.45, 7) is 2.58. The Bertz CT molecular complexity index is 125. The van der Waals surface area contributed by atoms with E-state index in [0.717, 1.165) is 6.21 Å². The quantitative estimate of drug-likeness (QED) is 0.523. The van der Waals surface area contributed by atoms with Crippen LogP contribution in [0.2, 0.25) is 0 Å². The second-order valence-electron chi connectivity index (χ2n) is 1.83. The van der Waals surface area contributed by atoms with Crippen molar-refractivity contribution < 1.29 is 9.53 Å². The van der Waals surface area contributed by atoms with Crippen molar-refractivity contribution in [1.29, 1.82) is 5.41 Å². The zero-order chi connectivity index (χ0) is 7.98. The maximum atomic E-state index is 10.4. The first-order valence-electron chi connectivity index (χ1n) is 3.10. The van der Waals surface area contributed by atoms with Gasteiger partial charge in [-0.05, 0) is 6.92 Å². The third kappa shape index (κ3) is 3.19. The van der Waals surface area contributed by atoms with Crippen LogP contribution in [0.5, 0.6) is 0 Å². The highest BCUT2D eigenvalue weighted by Gasteiger charge is 2.10. The summed E-state index contributed by atoms with van der Waals surface area (Å²) in [4.78, 5) is 10.4. The highest BCUT2D eigenvalue weighted by Crippen LogP contribution is 1.90. The molecule has 0 rings (SSSR count). The molecule has 4 heteroatoms. The van der Waals surface area contributed by atoms with Gasteiger partial charge >= 0.3 is 0 Å². The second kappa shape index (κ2) is 4.93. The van der Waals surface area contributed by atoms with E-state index in [1.165, 1.54) is 0 Å². The van der Waals surface area contributed by atoms with Gasteiger partial charge in [0.1, 0.15) is 0 Å². The SMILES string of the molecule is CCOCC(C=N)C(N)=O. The fraction of sp³-hybridized carbons (Fsp3) is 0.667. The van der Waals surface area contributed by atoms with Crippen LogP contribution in [0.25, 0.3) is 0 Å². The Hall–Kier alpha value is -0.900. The van der Waals surface area contributed by atoms with E-state index < -0.39 is 11.8 Å². The zero-order valence-corrected chi connectivity index (χ0v) is 5.96. The molecule has 0 aromatic rings. The highest BCUT2D eigenvalue weighted by molar-refractivity contribution is 5.91. The first kappa shape index (κ1) is 9.10. The zero-order valence-electron chi connectivity index (χ0n) is 5.96. The summed E-state index contributed by atoms with van der Waals surface area (Å²) in [6.07, 6.45) is 0.998. The van der Waals surface area contributed by atoms with E-state index >= 15 is 0 Å². The van der Waals surface area contributed by atoms with Crippen molar-refractivity contribution in [1.82, 2.24) is 0 Å². The van der Waals surface area contributed by atoms with E-state index in [4.69, 9.17) is 15.9 Å². The number of hydrogen-bond donors (Lipinski definition) is 2. The van der Waals surface area contributed by atoms with Crippen molar-refractivity contribution in [3.8, 4) is 0 Å². The molecule has 1 unspecified atom stereocenters. The monoisotopic (exact) mass is 144 g/mol. The minimum Gasteiger partial charge on any atom is -0.381 e. The molecule has 0 saturated heterocycles. The van der Waals surface area contributed by atoms with Crippen molar-refractivity contribution in [2.45, 2.75) is 6.92 Å². The van der Waals surface area contributed by atoms with Crippen LogP contribution < -0.4 is 5.73 Å². The number of nitrogens with one attached hydrogen (secondary N) is 1. The lowest BCUT2D eigenvalue weighted by atomic mass is 10.2. The molecule has 0 bridgehead atoms. The number of nitrogens with two attached hydrogens (primary N) is 1. The van der Waals surface area contributed by atoms with Crippen LogP contribution in [0.4, 0.5) is 0 Å². The summed E-state index contributed by atoms with van der Waals surface area (Å²) in [5.41, 5.74) is 4.92. The molecule has 0 aliphatic rings. The Morgan fingerprint density at radius 1 is 1.90 bits per heavy atom. The molecule has 0 aliphatic carbocycles. The van der Waals surface area contributed by atoms with Gasteiger partial charge in [-0.3, -0.25) is 4.79 Å². The minimum atomic E-state index is -0.569. The number of carbonyl (C=O) groups excluding carboxylic acids is 1. The average Bonchev–Trinajstić information content (AvgIpc) is 1.89. The lowest BCUT2D eigenvalue weighted by Gasteiger charge is -2.05. The lowest BCUT2D eigenvalue weighted by molar-refractivity contribution is -0.121. The largest absolute Gasteiger partial charge is 0.381 e. The van der Waals surface area contributed by atoms with Crippen molar-refractivity contribution in [2.75, 3.05) is 13.2 Å². The summed E-state index contributed by atoms with van der Waals surface area (Å²) in [6, 6.07) is 0. The Kier molecular flexibility index (Phi) is 4.49. The van der Waals surface area contributed by atoms with E-state index in [2.05, 4.69) is 0 Å². The van der Waals surface area contributed by atoms with Gasteiger partial charge < -0.3 is 15.9 Å². The molecule has 0 saturated carbocycles. The van der Waals surface area contributed by atoms with Crippen LogP contribution in [-0.4, -0.2) is 25.3 Å². The van der Waals surface area contributed by atoms with Gasteiger partial charge in [0.05, 0.1) is 12.5 Å². The molecule has 3 N–H and O–H groups in total. The summed E-state index contributed by atoms with van der Waals surface area (Å²) >= 11 is 0. The number of rotatable bonds is 5. The molecular weight excluding hydrogens is 132 g/mol. The summed E-state index contributed by atoms with van der Waals surface area (Å²) in [7, 11) is 0. The molecule has 0 aromatic heterocycles. The molecular formula is C6H12N2O2. The maximum Gasteiger partial charge on any atom is 0.228 e. The maximum absolute atomic E-state index is 10.4. The number of carbonyl (C=O) groups is 1. The second-order valence-corrected chi connectivity index (χ2v) is 1.83. The molecule has 0 heterocycles. The summed E-state index contributed by atoms with van der Waals surface area (Å²) in [5, 5.41) is 6.76. The van der Waals surface area contributed by atoms with Gasteiger partial charge in [0.25, 0.3) is 0 Å². The van der Waals surface area contributed by atoms with Crippen molar-refractivity contribution in [3.63, 3.8) is 0 Å². The van der Waals surface area contributed by atoms with Crippen LogP contribution in [0.15, 0.2) is 0 Å². The van der Waals surface area contributed by atoms with Gasteiger partial charge in [-0.15, -0.1) is 0 Å². The van der Waals surface area contributed by atoms with Crippen LogP contribution >= 0.6 is 0 Å². The molecule has 0 aliphatic heterocycles. The number of hydrogen-bond acceptors (Lipinski definition) is 3. The van der Waals surface area contributed by atoms with Gasteiger partial charge in [-0.25, -0.2) is 0 Å². The van der Waals surface area contributed by atoms with Crippen molar-refractivity contribution in [2.24, 2.45) is 11.7 Å². The summed E-state index contributed by atoms with van der Waals surface area (Å²) < 4.78 is 4.90. The van der Waals surface area contributed by atoms with Crippen LogP contribution in [-0.2, 0) is 9.53 Å². The third-order valence-electron chi connectivity index (χ3n) is 1.07. The van der Waals surface area contributed by atoms with Gasteiger partial charge in [0.15, 0.2) is 0 Å². The van der Waals surface area contributed by atoms with E-state index in [9.17, 15) is 4.79 Å². The minimum absolute atomic E-state index is 0.218. The standard InChI is InChI=1S/C6H12N2O2/c1-2-10-4-5(3-7)6(8)9/h3,5,7H,2,4H2,1H3,(H2,8,9). The van der Waals surface area contributed by atoms with Gasteiger partial charge in [0, 0.05) is 12.8 Å². The normalized spacial score (nSPS) is 12.5. The van der Waals surface area contributed by atoms with Gasteiger partial charge in [-0.2, -0.15) is 0 Å². The average molecular weight is 144 g/mol. The Morgan fingerprint density at radius 3 is 2.80 bits per heavy atom. The Morgan fingerprint density at radius 2 is 2.50 bits per heavy atom. The van der Waals surface area contributed by atoms with Crippen molar-refractivity contribution in [3.05, 3.63) is 0 Å². The molecule has 1 amide bonds. The predicted octanol–water partition coefficient (Wildman–Crippen LogP) is -0.226. The summed E-state index contributed by atoms with van der Waals surface area (Å²) in [5.74, 6) is -1.08. The predicted molar refractivity (Wildman–Crippen MR) is 38.0 cm³/mol. The third-order valence-corrected chi connectivity index (χ3v) is 1.07. The fourth-order valence-corrected chi connectivity index (χ4v) is 0.457. The number of primary amides is 1. The molecule has 10 heavy (non-hydrogen) atoms. The fourth-order valence-electron chi connectivity index (χ4n) is 0.457. The molecule has 1 atom stereocenters. The van der Waals surface area contributed by atoms with Crippen molar-refractivity contribution >= 4 is 12.1 Å². The smallest absolute Gasteiger partial charge is 0.228 e. The molecule has 4 nitrogen and oxygen atoms in total. The first-order valence-corrected chi connectivity index (χ1v) is 3.10. The first-order chi connectivity index (χ1) is 4.72. The van der Waals surface area contributed by atoms with Gasteiger partial charge in [0.2, 0.25) is 5.91 Å². The molecule has 0 spiro atoms. The molecule has 0 radical (unpaired) electrons. The Balaban J connectivity index is 3.60. The van der Waals surface area contributed by atoms with Crippen LogP contribution in [0.3, 0.4) is 0 Å². The van der Waals surface area contributed by atoms with E-state index in [0.29, 0.717) is 6.61 Å². The topological polar surface area (TPSA) is 76.2 Å². The van der Waals surface area contributed by atoms with E-state index in [-0.39, 0.29) is 6.61 Å². The van der Waals surface area contributed by atoms with E-state index in [1.807, 2.05) is 6.92 Å². The van der Waals surface area contributed by atoms with Crippen LogP contribution in [0.1, 0.15) is 6.92 Å². The lowest BCUT2D eigenvalue weighted by Crippen LogP contribution is -2.28. The Labute approximate surface area is 59.9 Å². The molecule has 58 valence electrons. The number of ether oxygens (including phenoxy) is 1.